The second-order valence-corrected chi connectivity index (χ2v) is 9.89. The fraction of sp³-hybridized carbons (Fsp3) is 0.650. The Bertz CT molecular complexity index is 916. The number of carbonyl (C=O) groups is 1. The molecular weight excluding hydrogens is 453 g/mol. The van der Waals surface area contributed by atoms with E-state index in [-0.39, 0.29) is 50.5 Å². The lowest BCUT2D eigenvalue weighted by Crippen LogP contribution is -2.58. The Labute approximate surface area is 184 Å². The largest absolute Gasteiger partial charge is 0.434 e. The first kappa shape index (κ1) is 24.7. The Morgan fingerprint density at radius 1 is 1.28 bits per heavy atom. The van der Waals surface area contributed by atoms with Crippen LogP contribution in [0.1, 0.15) is 25.3 Å². The van der Waals surface area contributed by atoms with Crippen molar-refractivity contribution in [3.63, 3.8) is 0 Å². The molecule has 12 heteroatoms. The Balaban J connectivity index is 1.65. The van der Waals surface area contributed by atoms with Gasteiger partial charge in [0.05, 0.1) is 23.7 Å². The standard InChI is InChI=1S/C20H27F3N2O6S/c1-2-15-4-3-5-16(12-15)32(28,29)25-10-11-30-19(14-25)6-8-24(9-7-19)18(27)31-17(13-26)20(21,22)23/h3-5,12,17,26H,2,6-11,13-14H2,1H3. The molecule has 0 aromatic heterocycles. The van der Waals surface area contributed by atoms with E-state index in [1.54, 1.807) is 18.2 Å². The summed E-state index contributed by atoms with van der Waals surface area (Å²) in [5.41, 5.74) is 0.0751. The smallest absolute Gasteiger partial charge is 0.427 e. The number of halogens is 3. The number of aliphatic hydroxyl groups excluding tert-OH is 1. The van der Waals surface area contributed by atoms with Gasteiger partial charge in [0.2, 0.25) is 16.1 Å². The molecule has 0 radical (unpaired) electrons. The molecule has 1 spiro atoms. The number of amides is 1. The Morgan fingerprint density at radius 3 is 2.56 bits per heavy atom. The van der Waals surface area contributed by atoms with E-state index >= 15 is 0 Å². The van der Waals surface area contributed by atoms with Crippen LogP contribution in [0, 0.1) is 0 Å². The highest BCUT2D eigenvalue weighted by atomic mass is 32.2. The number of morpholine rings is 1. The Hall–Kier alpha value is -1.89. The van der Waals surface area contributed by atoms with Crippen molar-refractivity contribution in [1.29, 1.82) is 0 Å². The van der Waals surface area contributed by atoms with Crippen molar-refractivity contribution in [1.82, 2.24) is 9.21 Å². The van der Waals surface area contributed by atoms with Crippen molar-refractivity contribution < 1.29 is 41.0 Å². The highest BCUT2D eigenvalue weighted by Crippen LogP contribution is 2.33. The van der Waals surface area contributed by atoms with Gasteiger partial charge in [-0.05, 0) is 37.0 Å². The van der Waals surface area contributed by atoms with Crippen LogP contribution in [0.2, 0.25) is 0 Å². The number of sulfonamides is 1. The summed E-state index contributed by atoms with van der Waals surface area (Å²) in [4.78, 5) is 13.4. The number of aryl methyl sites for hydroxylation is 1. The van der Waals surface area contributed by atoms with Crippen molar-refractivity contribution >= 4 is 16.1 Å². The molecule has 2 aliphatic heterocycles. The molecule has 0 saturated carbocycles. The number of benzene rings is 1. The van der Waals surface area contributed by atoms with Crippen molar-refractivity contribution in [2.45, 2.75) is 49.0 Å². The van der Waals surface area contributed by atoms with Gasteiger partial charge in [-0.3, -0.25) is 0 Å². The molecule has 0 aliphatic carbocycles. The quantitative estimate of drug-likeness (QED) is 0.694. The van der Waals surface area contributed by atoms with Gasteiger partial charge in [0.15, 0.2) is 0 Å². The third-order valence-corrected chi connectivity index (χ3v) is 7.71. The maximum atomic E-state index is 13.2. The Kier molecular flexibility index (Phi) is 7.38. The zero-order chi connectivity index (χ0) is 23.6. The van der Waals surface area contributed by atoms with Gasteiger partial charge in [-0.2, -0.15) is 17.5 Å². The van der Waals surface area contributed by atoms with Crippen molar-refractivity contribution in [2.75, 3.05) is 39.4 Å². The normalized spacial score (nSPS) is 20.8. The van der Waals surface area contributed by atoms with Gasteiger partial charge in [0.1, 0.15) is 0 Å². The van der Waals surface area contributed by atoms with Crippen molar-refractivity contribution in [3.8, 4) is 0 Å². The van der Waals surface area contributed by atoms with Gasteiger partial charge in [-0.1, -0.05) is 19.1 Å². The summed E-state index contributed by atoms with van der Waals surface area (Å²) in [6, 6.07) is 6.75. The van der Waals surface area contributed by atoms with E-state index < -0.39 is 40.6 Å². The van der Waals surface area contributed by atoms with Gasteiger partial charge in [0, 0.05) is 26.2 Å². The maximum absolute atomic E-state index is 13.2. The molecule has 0 bridgehead atoms. The molecular formula is C20H27F3N2O6S. The number of rotatable bonds is 5. The van der Waals surface area contributed by atoms with Crippen LogP contribution in [0.4, 0.5) is 18.0 Å². The lowest BCUT2D eigenvalue weighted by atomic mass is 9.90. The molecule has 1 amide bonds. The number of hydrogen-bond acceptors (Lipinski definition) is 6. The number of nitrogens with zero attached hydrogens (tertiary/aromatic N) is 2. The van der Waals surface area contributed by atoms with Crippen molar-refractivity contribution in [3.05, 3.63) is 29.8 Å². The summed E-state index contributed by atoms with van der Waals surface area (Å²) in [5, 5.41) is 8.84. The maximum Gasteiger partial charge on any atom is 0.427 e. The lowest BCUT2D eigenvalue weighted by Gasteiger charge is -2.46. The van der Waals surface area contributed by atoms with Gasteiger partial charge in [-0.15, -0.1) is 0 Å². The highest BCUT2D eigenvalue weighted by molar-refractivity contribution is 7.89. The second kappa shape index (κ2) is 9.54. The first-order valence-corrected chi connectivity index (χ1v) is 11.8. The summed E-state index contributed by atoms with van der Waals surface area (Å²) in [5.74, 6) is 0. The number of aliphatic hydroxyl groups is 1. The first-order chi connectivity index (χ1) is 15.0. The monoisotopic (exact) mass is 480 g/mol. The van der Waals surface area contributed by atoms with Crippen LogP contribution in [-0.4, -0.2) is 86.1 Å². The molecule has 1 atom stereocenters. The predicted molar refractivity (Wildman–Crippen MR) is 107 cm³/mol. The third kappa shape index (κ3) is 5.36. The number of ether oxygens (including phenoxy) is 2. The summed E-state index contributed by atoms with van der Waals surface area (Å²) >= 11 is 0. The molecule has 8 nitrogen and oxygen atoms in total. The van der Waals surface area contributed by atoms with Crippen LogP contribution in [0.15, 0.2) is 29.2 Å². The molecule has 1 N–H and O–H groups in total. The van der Waals surface area contributed by atoms with E-state index in [1.807, 2.05) is 13.0 Å². The number of hydrogen-bond donors (Lipinski definition) is 1. The van der Waals surface area contributed by atoms with Gasteiger partial charge in [-0.25, -0.2) is 13.2 Å². The van der Waals surface area contributed by atoms with Gasteiger partial charge < -0.3 is 19.5 Å². The van der Waals surface area contributed by atoms with E-state index in [0.717, 1.165) is 10.5 Å². The van der Waals surface area contributed by atoms with Crippen LogP contribution in [0.25, 0.3) is 0 Å². The molecule has 2 fully saturated rings. The molecule has 1 aromatic carbocycles. The molecule has 180 valence electrons. The molecule has 32 heavy (non-hydrogen) atoms. The molecule has 2 saturated heterocycles. The molecule has 1 unspecified atom stereocenters. The predicted octanol–water partition coefficient (Wildman–Crippen LogP) is 2.16. The summed E-state index contributed by atoms with van der Waals surface area (Å²) in [7, 11) is -3.74. The minimum absolute atomic E-state index is 0.0496. The SMILES string of the molecule is CCc1cccc(S(=O)(=O)N2CCOC3(CCN(C(=O)OC(CO)C(F)(F)F)CC3)C2)c1. The van der Waals surface area contributed by atoms with E-state index in [2.05, 4.69) is 4.74 Å². The van der Waals surface area contributed by atoms with E-state index in [1.165, 1.54) is 4.31 Å². The fourth-order valence-electron chi connectivity index (χ4n) is 3.89. The summed E-state index contributed by atoms with van der Waals surface area (Å²) in [6.45, 7) is 1.14. The van der Waals surface area contributed by atoms with Crippen LogP contribution in [-0.2, 0) is 25.9 Å². The first-order valence-electron chi connectivity index (χ1n) is 10.4. The molecule has 2 heterocycles. The van der Waals surface area contributed by atoms with Crippen LogP contribution in [0.3, 0.4) is 0 Å². The van der Waals surface area contributed by atoms with Gasteiger partial charge >= 0.3 is 12.3 Å². The average Bonchev–Trinajstić information content (AvgIpc) is 2.77. The zero-order valence-electron chi connectivity index (χ0n) is 17.7. The lowest BCUT2D eigenvalue weighted by molar-refractivity contribution is -0.215. The fourth-order valence-corrected chi connectivity index (χ4v) is 5.46. The van der Waals surface area contributed by atoms with Gasteiger partial charge in [0.25, 0.3) is 0 Å². The zero-order valence-corrected chi connectivity index (χ0v) is 18.5. The molecule has 1 aromatic rings. The van der Waals surface area contributed by atoms with Crippen LogP contribution in [0.5, 0.6) is 0 Å². The number of piperidine rings is 1. The van der Waals surface area contributed by atoms with Crippen LogP contribution >= 0.6 is 0 Å². The minimum atomic E-state index is -4.86. The topological polar surface area (TPSA) is 96.4 Å². The molecule has 2 aliphatic rings. The van der Waals surface area contributed by atoms with E-state index in [4.69, 9.17) is 9.84 Å². The minimum Gasteiger partial charge on any atom is -0.434 e. The number of carbonyl (C=O) groups excluding carboxylic acids is 1. The third-order valence-electron chi connectivity index (χ3n) is 5.86. The average molecular weight is 481 g/mol. The summed E-state index contributed by atoms with van der Waals surface area (Å²) in [6.07, 6.45) is -7.42. The van der Waals surface area contributed by atoms with Crippen molar-refractivity contribution in [2.24, 2.45) is 0 Å². The second-order valence-electron chi connectivity index (χ2n) is 7.95. The van der Waals surface area contributed by atoms with E-state index in [9.17, 15) is 26.4 Å². The van der Waals surface area contributed by atoms with Crippen LogP contribution < -0.4 is 0 Å². The number of alkyl halides is 3. The Morgan fingerprint density at radius 2 is 1.97 bits per heavy atom. The summed E-state index contributed by atoms with van der Waals surface area (Å²) < 4.78 is 76.2. The molecule has 3 rings (SSSR count). The highest BCUT2D eigenvalue weighted by Gasteiger charge is 2.46. The number of likely N-dealkylation sites (tertiary alicyclic amines) is 1. The van der Waals surface area contributed by atoms with E-state index in [0.29, 0.717) is 6.42 Å².